The summed E-state index contributed by atoms with van der Waals surface area (Å²) in [7, 11) is 0. The van der Waals surface area contributed by atoms with E-state index in [2.05, 4.69) is 13.8 Å². The third-order valence-corrected chi connectivity index (χ3v) is 2.04. The SMILES string of the molecule is CC(C)c1ccc(C(O)C#N)cc1. The van der Waals surface area contributed by atoms with Gasteiger partial charge in [0, 0.05) is 0 Å². The van der Waals surface area contributed by atoms with Crippen molar-refractivity contribution in [1.29, 1.82) is 5.26 Å². The average Bonchev–Trinajstić information content (AvgIpc) is 2.17. The zero-order chi connectivity index (χ0) is 9.84. The Hall–Kier alpha value is -1.33. The first-order valence-corrected chi connectivity index (χ1v) is 4.32. The molecule has 1 N–H and O–H groups in total. The van der Waals surface area contributed by atoms with Crippen LogP contribution in [0.5, 0.6) is 0 Å². The molecule has 1 unspecified atom stereocenters. The Bertz CT molecular complexity index is 308. The lowest BCUT2D eigenvalue weighted by atomic mass is 10.0. The third kappa shape index (κ3) is 2.30. The van der Waals surface area contributed by atoms with E-state index >= 15 is 0 Å². The van der Waals surface area contributed by atoms with Crippen LogP contribution in [0.25, 0.3) is 0 Å². The van der Waals surface area contributed by atoms with Crippen molar-refractivity contribution in [2.24, 2.45) is 0 Å². The average molecular weight is 175 g/mol. The highest BCUT2D eigenvalue weighted by Gasteiger charge is 2.05. The number of aliphatic hydroxyl groups excluding tert-OH is 1. The second-order valence-electron chi connectivity index (χ2n) is 3.35. The molecule has 1 aromatic carbocycles. The molecule has 0 radical (unpaired) electrons. The summed E-state index contributed by atoms with van der Waals surface area (Å²) in [5, 5.41) is 17.7. The van der Waals surface area contributed by atoms with E-state index in [1.807, 2.05) is 12.1 Å². The van der Waals surface area contributed by atoms with E-state index in [4.69, 9.17) is 5.26 Å². The maximum Gasteiger partial charge on any atom is 0.165 e. The number of hydrogen-bond donors (Lipinski definition) is 1. The third-order valence-electron chi connectivity index (χ3n) is 2.04. The number of hydrogen-bond acceptors (Lipinski definition) is 2. The fraction of sp³-hybridized carbons (Fsp3) is 0.364. The van der Waals surface area contributed by atoms with E-state index in [-0.39, 0.29) is 0 Å². The van der Waals surface area contributed by atoms with Crippen molar-refractivity contribution < 1.29 is 5.11 Å². The Morgan fingerprint density at radius 2 is 1.62 bits per heavy atom. The van der Waals surface area contributed by atoms with Gasteiger partial charge in [0.05, 0.1) is 6.07 Å². The van der Waals surface area contributed by atoms with Crippen LogP contribution in [-0.2, 0) is 0 Å². The lowest BCUT2D eigenvalue weighted by Crippen LogP contribution is -1.94. The molecule has 0 fully saturated rings. The Morgan fingerprint density at radius 3 is 2.00 bits per heavy atom. The Morgan fingerprint density at radius 1 is 1.15 bits per heavy atom. The molecule has 0 saturated heterocycles. The molecule has 0 spiro atoms. The lowest BCUT2D eigenvalue weighted by Gasteiger charge is -2.06. The summed E-state index contributed by atoms with van der Waals surface area (Å²) in [6.45, 7) is 4.21. The second-order valence-corrected chi connectivity index (χ2v) is 3.35. The summed E-state index contributed by atoms with van der Waals surface area (Å²) >= 11 is 0. The van der Waals surface area contributed by atoms with Crippen LogP contribution in [0.15, 0.2) is 24.3 Å². The fourth-order valence-corrected chi connectivity index (χ4v) is 1.14. The monoisotopic (exact) mass is 175 g/mol. The van der Waals surface area contributed by atoms with E-state index in [0.29, 0.717) is 11.5 Å². The smallest absolute Gasteiger partial charge is 0.165 e. The zero-order valence-corrected chi connectivity index (χ0v) is 7.86. The van der Waals surface area contributed by atoms with Gasteiger partial charge in [-0.25, -0.2) is 0 Å². The minimum atomic E-state index is -0.999. The van der Waals surface area contributed by atoms with Gasteiger partial charge >= 0.3 is 0 Å². The summed E-state index contributed by atoms with van der Waals surface area (Å²) in [6, 6.07) is 9.27. The molecule has 0 heterocycles. The van der Waals surface area contributed by atoms with Gasteiger partial charge in [-0.2, -0.15) is 5.26 Å². The molecule has 1 aromatic rings. The number of aliphatic hydroxyl groups is 1. The molecule has 0 aliphatic heterocycles. The van der Waals surface area contributed by atoms with Crippen molar-refractivity contribution in [2.45, 2.75) is 25.9 Å². The maximum atomic E-state index is 9.20. The molecule has 13 heavy (non-hydrogen) atoms. The van der Waals surface area contributed by atoms with Crippen LogP contribution in [0, 0.1) is 11.3 Å². The quantitative estimate of drug-likeness (QED) is 0.701. The first kappa shape index (κ1) is 9.76. The van der Waals surface area contributed by atoms with Gasteiger partial charge in [-0.15, -0.1) is 0 Å². The first-order valence-electron chi connectivity index (χ1n) is 4.32. The Kier molecular flexibility index (Phi) is 3.05. The van der Waals surface area contributed by atoms with Crippen LogP contribution >= 0.6 is 0 Å². The summed E-state index contributed by atoms with van der Waals surface area (Å²) in [5.41, 5.74) is 1.88. The summed E-state index contributed by atoms with van der Waals surface area (Å²) in [6.07, 6.45) is -0.999. The van der Waals surface area contributed by atoms with E-state index in [9.17, 15) is 5.11 Å². The molecule has 0 aliphatic rings. The van der Waals surface area contributed by atoms with Gasteiger partial charge in [-0.05, 0) is 17.0 Å². The van der Waals surface area contributed by atoms with Crippen molar-refractivity contribution in [1.82, 2.24) is 0 Å². The van der Waals surface area contributed by atoms with Crippen LogP contribution in [-0.4, -0.2) is 5.11 Å². The minimum absolute atomic E-state index is 0.480. The molecule has 0 aromatic heterocycles. The number of rotatable bonds is 2. The van der Waals surface area contributed by atoms with Gasteiger partial charge in [0.15, 0.2) is 6.10 Å². The molecule has 1 rings (SSSR count). The molecule has 2 nitrogen and oxygen atoms in total. The van der Waals surface area contributed by atoms with Crippen molar-refractivity contribution in [2.75, 3.05) is 0 Å². The first-order chi connectivity index (χ1) is 6.15. The van der Waals surface area contributed by atoms with Gasteiger partial charge in [-0.1, -0.05) is 38.1 Å². The Balaban J connectivity index is 2.89. The van der Waals surface area contributed by atoms with Crippen LogP contribution in [0.2, 0.25) is 0 Å². The van der Waals surface area contributed by atoms with Crippen molar-refractivity contribution in [3.05, 3.63) is 35.4 Å². The van der Waals surface area contributed by atoms with Crippen molar-refractivity contribution in [3.8, 4) is 6.07 Å². The van der Waals surface area contributed by atoms with Crippen LogP contribution < -0.4 is 0 Å². The van der Waals surface area contributed by atoms with E-state index in [1.54, 1.807) is 18.2 Å². The van der Waals surface area contributed by atoms with Crippen molar-refractivity contribution >= 4 is 0 Å². The predicted molar refractivity (Wildman–Crippen MR) is 51.1 cm³/mol. The molecule has 2 heteroatoms. The summed E-state index contributed by atoms with van der Waals surface area (Å²) < 4.78 is 0. The van der Waals surface area contributed by atoms with Gasteiger partial charge < -0.3 is 5.11 Å². The number of benzene rings is 1. The highest BCUT2D eigenvalue weighted by atomic mass is 16.3. The molecular weight excluding hydrogens is 162 g/mol. The maximum absolute atomic E-state index is 9.20. The standard InChI is InChI=1S/C11H13NO/c1-8(2)9-3-5-10(6-4-9)11(13)7-12/h3-6,8,11,13H,1-2H3. The zero-order valence-electron chi connectivity index (χ0n) is 7.86. The van der Waals surface area contributed by atoms with E-state index in [0.717, 1.165) is 0 Å². The molecule has 68 valence electrons. The van der Waals surface area contributed by atoms with Crippen LogP contribution in [0.1, 0.15) is 37.0 Å². The molecule has 0 saturated carbocycles. The fourth-order valence-electron chi connectivity index (χ4n) is 1.14. The van der Waals surface area contributed by atoms with Crippen LogP contribution in [0.3, 0.4) is 0 Å². The molecular formula is C11H13NO. The van der Waals surface area contributed by atoms with Gasteiger partial charge in [0.1, 0.15) is 0 Å². The molecule has 0 amide bonds. The van der Waals surface area contributed by atoms with E-state index < -0.39 is 6.10 Å². The number of nitrogens with zero attached hydrogens (tertiary/aromatic N) is 1. The predicted octanol–water partition coefficient (Wildman–Crippen LogP) is 2.37. The summed E-state index contributed by atoms with van der Waals surface area (Å²) in [4.78, 5) is 0. The molecule has 0 aliphatic carbocycles. The second kappa shape index (κ2) is 4.06. The minimum Gasteiger partial charge on any atom is -0.374 e. The van der Waals surface area contributed by atoms with Gasteiger partial charge in [0.25, 0.3) is 0 Å². The lowest BCUT2D eigenvalue weighted by molar-refractivity contribution is 0.236. The van der Waals surface area contributed by atoms with Gasteiger partial charge in [0.2, 0.25) is 0 Å². The molecule has 0 bridgehead atoms. The number of nitriles is 1. The normalized spacial score (nSPS) is 12.5. The van der Waals surface area contributed by atoms with Gasteiger partial charge in [-0.3, -0.25) is 0 Å². The summed E-state index contributed by atoms with van der Waals surface area (Å²) in [5.74, 6) is 0.480. The highest BCUT2D eigenvalue weighted by Crippen LogP contribution is 2.17. The van der Waals surface area contributed by atoms with Crippen molar-refractivity contribution in [3.63, 3.8) is 0 Å². The van der Waals surface area contributed by atoms with Crippen LogP contribution in [0.4, 0.5) is 0 Å². The topological polar surface area (TPSA) is 44.0 Å². The van der Waals surface area contributed by atoms with E-state index in [1.165, 1.54) is 5.56 Å². The Labute approximate surface area is 78.4 Å². The molecule has 1 atom stereocenters. The largest absolute Gasteiger partial charge is 0.374 e. The highest BCUT2D eigenvalue weighted by molar-refractivity contribution is 5.28.